The summed E-state index contributed by atoms with van der Waals surface area (Å²) in [5, 5.41) is 9.25. The standard InChI is InChI=1S/C26H30N4O/c31-26-14-24(18-30(26)25-6-5-23-17-28-12-9-22(23)13-25)21-3-1-19(2-4-21)15-29-16-20-7-10-27-11-8-20/h1-6,9,12-13,17,20,24,27,29H,7-8,10-11,14-16,18H2. The number of nitrogens with one attached hydrogen (secondary N) is 2. The van der Waals surface area contributed by atoms with Crippen LogP contribution in [0.1, 0.15) is 36.3 Å². The quantitative estimate of drug-likeness (QED) is 0.643. The van der Waals surface area contributed by atoms with Crippen LogP contribution in [0.2, 0.25) is 0 Å². The highest BCUT2D eigenvalue weighted by atomic mass is 16.2. The van der Waals surface area contributed by atoms with Gasteiger partial charge in [-0.1, -0.05) is 30.3 Å². The van der Waals surface area contributed by atoms with Crippen molar-refractivity contribution in [3.8, 4) is 0 Å². The smallest absolute Gasteiger partial charge is 0.227 e. The van der Waals surface area contributed by atoms with E-state index >= 15 is 0 Å². The Kier molecular flexibility index (Phi) is 5.96. The second-order valence-corrected chi connectivity index (χ2v) is 8.88. The van der Waals surface area contributed by atoms with Gasteiger partial charge in [-0.05, 0) is 73.1 Å². The third kappa shape index (κ3) is 4.63. The van der Waals surface area contributed by atoms with Crippen LogP contribution in [-0.4, -0.2) is 37.1 Å². The number of piperidine rings is 1. The number of fused-ring (bicyclic) bond motifs is 1. The third-order valence-corrected chi connectivity index (χ3v) is 6.73. The molecule has 2 N–H and O–H groups in total. The molecular weight excluding hydrogens is 384 g/mol. The lowest BCUT2D eigenvalue weighted by atomic mass is 9.96. The van der Waals surface area contributed by atoms with Crippen LogP contribution in [0.5, 0.6) is 0 Å². The van der Waals surface area contributed by atoms with Gasteiger partial charge in [-0.15, -0.1) is 0 Å². The van der Waals surface area contributed by atoms with Crippen LogP contribution in [0.25, 0.3) is 10.8 Å². The molecule has 0 saturated carbocycles. The molecule has 3 aromatic rings. The number of nitrogens with zero attached hydrogens (tertiary/aromatic N) is 2. The predicted octanol–water partition coefficient (Wildman–Crippen LogP) is 3.84. The number of benzene rings is 2. The summed E-state index contributed by atoms with van der Waals surface area (Å²) in [5.41, 5.74) is 3.54. The molecule has 2 aliphatic rings. The third-order valence-electron chi connectivity index (χ3n) is 6.73. The Labute approximate surface area is 183 Å². The highest BCUT2D eigenvalue weighted by molar-refractivity contribution is 5.98. The van der Waals surface area contributed by atoms with Crippen LogP contribution in [0, 0.1) is 5.92 Å². The number of carbonyl (C=O) groups is 1. The Balaban J connectivity index is 1.20. The Morgan fingerprint density at radius 1 is 1.03 bits per heavy atom. The van der Waals surface area contributed by atoms with Gasteiger partial charge < -0.3 is 15.5 Å². The summed E-state index contributed by atoms with van der Waals surface area (Å²) in [7, 11) is 0. The lowest BCUT2D eigenvalue weighted by molar-refractivity contribution is -0.117. The van der Waals surface area contributed by atoms with Crippen molar-refractivity contribution in [1.29, 1.82) is 0 Å². The molecule has 1 aromatic heterocycles. The van der Waals surface area contributed by atoms with E-state index in [0.29, 0.717) is 6.42 Å². The van der Waals surface area contributed by atoms with Crippen molar-refractivity contribution in [2.45, 2.75) is 31.7 Å². The molecule has 2 aromatic carbocycles. The van der Waals surface area contributed by atoms with Crippen LogP contribution in [0.3, 0.4) is 0 Å². The monoisotopic (exact) mass is 414 g/mol. The highest BCUT2D eigenvalue weighted by Crippen LogP contribution is 2.33. The number of anilines is 1. The zero-order valence-electron chi connectivity index (χ0n) is 17.9. The topological polar surface area (TPSA) is 57.3 Å². The minimum Gasteiger partial charge on any atom is -0.317 e. The average Bonchev–Trinajstić information content (AvgIpc) is 3.21. The fourth-order valence-corrected chi connectivity index (χ4v) is 4.83. The van der Waals surface area contributed by atoms with Crippen molar-refractivity contribution < 1.29 is 4.79 Å². The number of carbonyl (C=O) groups excluding carboxylic acids is 1. The number of amides is 1. The molecule has 2 aliphatic heterocycles. The molecule has 0 bridgehead atoms. The van der Waals surface area contributed by atoms with E-state index in [1.807, 2.05) is 29.3 Å². The van der Waals surface area contributed by atoms with Gasteiger partial charge in [-0.2, -0.15) is 0 Å². The second kappa shape index (κ2) is 9.16. The Morgan fingerprint density at radius 3 is 2.71 bits per heavy atom. The fraction of sp³-hybridized carbons (Fsp3) is 0.385. The molecule has 1 amide bonds. The molecule has 1 unspecified atom stereocenters. The molecule has 5 rings (SSSR count). The number of hydrogen-bond acceptors (Lipinski definition) is 4. The van der Waals surface area contributed by atoms with Gasteiger partial charge in [0, 0.05) is 48.9 Å². The van der Waals surface area contributed by atoms with E-state index in [-0.39, 0.29) is 11.8 Å². The van der Waals surface area contributed by atoms with Gasteiger partial charge in [-0.25, -0.2) is 0 Å². The minimum absolute atomic E-state index is 0.200. The molecule has 0 spiro atoms. The molecule has 5 heteroatoms. The number of rotatable bonds is 6. The first-order valence-corrected chi connectivity index (χ1v) is 11.4. The van der Waals surface area contributed by atoms with E-state index in [1.165, 1.54) is 24.0 Å². The van der Waals surface area contributed by atoms with Crippen molar-refractivity contribution in [2.24, 2.45) is 5.92 Å². The second-order valence-electron chi connectivity index (χ2n) is 8.88. The van der Waals surface area contributed by atoms with E-state index < -0.39 is 0 Å². The van der Waals surface area contributed by atoms with Crippen molar-refractivity contribution in [3.63, 3.8) is 0 Å². The summed E-state index contributed by atoms with van der Waals surface area (Å²) in [6, 6.07) is 17.0. The van der Waals surface area contributed by atoms with Gasteiger partial charge in [0.2, 0.25) is 5.91 Å². The molecule has 160 valence electrons. The van der Waals surface area contributed by atoms with Crippen LogP contribution < -0.4 is 15.5 Å². The van der Waals surface area contributed by atoms with Gasteiger partial charge in [0.15, 0.2) is 0 Å². The maximum absolute atomic E-state index is 12.8. The largest absolute Gasteiger partial charge is 0.317 e. The van der Waals surface area contributed by atoms with Crippen molar-refractivity contribution in [3.05, 3.63) is 72.1 Å². The summed E-state index contributed by atoms with van der Waals surface area (Å²) >= 11 is 0. The van der Waals surface area contributed by atoms with Gasteiger partial charge in [0.25, 0.3) is 0 Å². The lowest BCUT2D eigenvalue weighted by Crippen LogP contribution is -2.33. The summed E-state index contributed by atoms with van der Waals surface area (Å²) in [6.45, 7) is 5.04. The number of hydrogen-bond donors (Lipinski definition) is 2. The Bertz CT molecular complexity index is 1040. The van der Waals surface area contributed by atoms with Crippen molar-refractivity contribution in [1.82, 2.24) is 15.6 Å². The minimum atomic E-state index is 0.200. The van der Waals surface area contributed by atoms with E-state index in [9.17, 15) is 4.79 Å². The van der Waals surface area contributed by atoms with E-state index in [4.69, 9.17) is 0 Å². The zero-order chi connectivity index (χ0) is 21.0. The summed E-state index contributed by atoms with van der Waals surface area (Å²) in [5.74, 6) is 1.24. The van der Waals surface area contributed by atoms with Crippen LogP contribution in [0.4, 0.5) is 5.69 Å². The first kappa shape index (κ1) is 20.2. The van der Waals surface area contributed by atoms with Crippen LogP contribution in [0.15, 0.2) is 60.9 Å². The molecule has 31 heavy (non-hydrogen) atoms. The maximum Gasteiger partial charge on any atom is 0.227 e. The van der Waals surface area contributed by atoms with Crippen LogP contribution >= 0.6 is 0 Å². The Hall–Kier alpha value is -2.76. The Morgan fingerprint density at radius 2 is 1.87 bits per heavy atom. The molecule has 2 fully saturated rings. The summed E-state index contributed by atoms with van der Waals surface area (Å²) in [6.07, 6.45) is 6.76. The fourth-order valence-electron chi connectivity index (χ4n) is 4.83. The summed E-state index contributed by atoms with van der Waals surface area (Å²) in [4.78, 5) is 18.9. The normalized spacial score (nSPS) is 19.9. The van der Waals surface area contributed by atoms with Gasteiger partial charge in [0.1, 0.15) is 0 Å². The molecule has 0 radical (unpaired) electrons. The highest BCUT2D eigenvalue weighted by Gasteiger charge is 2.31. The van der Waals surface area contributed by atoms with E-state index in [0.717, 1.165) is 55.1 Å². The van der Waals surface area contributed by atoms with Gasteiger partial charge >= 0.3 is 0 Å². The first-order valence-electron chi connectivity index (χ1n) is 11.4. The maximum atomic E-state index is 12.8. The van der Waals surface area contributed by atoms with Gasteiger partial charge in [0.05, 0.1) is 0 Å². The molecule has 2 saturated heterocycles. The van der Waals surface area contributed by atoms with E-state index in [1.54, 1.807) is 6.20 Å². The first-order chi connectivity index (χ1) is 15.3. The summed E-state index contributed by atoms with van der Waals surface area (Å²) < 4.78 is 0. The molecule has 5 nitrogen and oxygen atoms in total. The van der Waals surface area contributed by atoms with E-state index in [2.05, 4.69) is 45.9 Å². The van der Waals surface area contributed by atoms with Crippen molar-refractivity contribution >= 4 is 22.4 Å². The molecule has 3 heterocycles. The zero-order valence-corrected chi connectivity index (χ0v) is 17.9. The van der Waals surface area contributed by atoms with Crippen molar-refractivity contribution in [2.75, 3.05) is 31.1 Å². The predicted molar refractivity (Wildman–Crippen MR) is 125 cm³/mol. The SMILES string of the molecule is O=C1CC(c2ccc(CNCC3CCNCC3)cc2)CN1c1ccc2cnccc2c1. The lowest BCUT2D eigenvalue weighted by Gasteiger charge is -2.22. The average molecular weight is 415 g/mol. The number of pyridine rings is 1. The number of aromatic nitrogens is 1. The molecular formula is C26H30N4O. The van der Waals surface area contributed by atoms with Crippen LogP contribution in [-0.2, 0) is 11.3 Å². The molecule has 0 aliphatic carbocycles. The van der Waals surface area contributed by atoms with Gasteiger partial charge in [-0.3, -0.25) is 9.78 Å². The molecule has 1 atom stereocenters.